The molecule has 0 saturated heterocycles. The maximum Gasteiger partial charge on any atom is 0.254 e. The van der Waals surface area contributed by atoms with Gasteiger partial charge in [0.2, 0.25) is 11.9 Å². The molecule has 0 unspecified atom stereocenters. The Balaban J connectivity index is 0.000000216. The van der Waals surface area contributed by atoms with Crippen LogP contribution in [0.1, 0.15) is 43.5 Å². The van der Waals surface area contributed by atoms with Crippen LogP contribution in [-0.4, -0.2) is 37.9 Å². The Morgan fingerprint density at radius 2 is 1.15 bits per heavy atom. The van der Waals surface area contributed by atoms with E-state index >= 15 is 0 Å². The summed E-state index contributed by atoms with van der Waals surface area (Å²) in [6.07, 6.45) is 6.17. The molecular weight excluding hydrogens is 692 g/mol. The third kappa shape index (κ3) is 11.3. The van der Waals surface area contributed by atoms with Gasteiger partial charge in [-0.05, 0) is 69.2 Å². The summed E-state index contributed by atoms with van der Waals surface area (Å²) in [7, 11) is 0. The number of nitrogens with two attached hydrogens (primary N) is 2. The lowest BCUT2D eigenvalue weighted by Gasteiger charge is -2.23. The van der Waals surface area contributed by atoms with Gasteiger partial charge < -0.3 is 27.4 Å². The minimum atomic E-state index is 0.116. The van der Waals surface area contributed by atoms with Gasteiger partial charge in [0.1, 0.15) is 11.0 Å². The molecule has 4 aromatic rings. The van der Waals surface area contributed by atoms with E-state index in [1.165, 1.54) is 32.1 Å². The number of hydrogen-bond donors (Lipinski definition) is 5. The number of guanidine groups is 2. The van der Waals surface area contributed by atoms with Gasteiger partial charge in [0.25, 0.3) is 11.9 Å². The second-order valence-electron chi connectivity index (χ2n) is 10.3. The fraction of sp³-hybridized carbons (Fsp3) is 0.267. The van der Waals surface area contributed by atoms with Crippen molar-refractivity contribution in [2.24, 2.45) is 21.5 Å². The first-order valence-corrected chi connectivity index (χ1v) is 16.1. The third-order valence-corrected chi connectivity index (χ3v) is 8.11. The SMILES string of the molecule is Cc1cc(Cl)nc(N=C(N)Nc2ccc(Cl)c(Cl)c2)n1.Cc1cc(NC2CCCCC2)nc(N=C(N)Nc2ccc(Cl)c(Cl)c2)n1. The molecule has 11 nitrogen and oxygen atoms in total. The first-order valence-electron chi connectivity index (χ1n) is 14.2. The Kier molecular flexibility index (Phi) is 12.9. The van der Waals surface area contributed by atoms with E-state index < -0.39 is 0 Å². The van der Waals surface area contributed by atoms with E-state index in [0.717, 1.165) is 11.5 Å². The summed E-state index contributed by atoms with van der Waals surface area (Å²) in [5.41, 5.74) is 14.6. The molecule has 1 fully saturated rings. The first-order chi connectivity index (χ1) is 21.9. The molecule has 1 aliphatic carbocycles. The summed E-state index contributed by atoms with van der Waals surface area (Å²) >= 11 is 29.5. The lowest BCUT2D eigenvalue weighted by Crippen LogP contribution is -2.23. The number of nitrogens with one attached hydrogen (secondary N) is 3. The average molecular weight is 724 g/mol. The Labute approximate surface area is 292 Å². The fourth-order valence-electron chi connectivity index (χ4n) is 4.41. The molecule has 0 radical (unpaired) electrons. The number of hydrogen-bond acceptors (Lipinski definition) is 7. The predicted molar refractivity (Wildman–Crippen MR) is 192 cm³/mol. The van der Waals surface area contributed by atoms with Crippen LogP contribution in [0.3, 0.4) is 0 Å². The topological polar surface area (TPSA) is 164 Å². The average Bonchev–Trinajstić information content (AvgIpc) is 2.97. The molecule has 2 aromatic heterocycles. The molecule has 46 heavy (non-hydrogen) atoms. The minimum absolute atomic E-state index is 0.116. The van der Waals surface area contributed by atoms with Crippen LogP contribution in [0.15, 0.2) is 58.5 Å². The van der Waals surface area contributed by atoms with Gasteiger partial charge in [-0.2, -0.15) is 20.0 Å². The van der Waals surface area contributed by atoms with Gasteiger partial charge in [-0.3, -0.25) is 0 Å². The molecule has 1 aliphatic rings. The molecule has 0 amide bonds. The van der Waals surface area contributed by atoms with Gasteiger partial charge in [0, 0.05) is 34.9 Å². The molecule has 16 heteroatoms. The Hall–Kier alpha value is -3.61. The highest BCUT2D eigenvalue weighted by Crippen LogP contribution is 2.26. The quantitative estimate of drug-likeness (QED) is 0.0744. The van der Waals surface area contributed by atoms with Gasteiger partial charge in [-0.15, -0.1) is 0 Å². The maximum absolute atomic E-state index is 6.01. The molecule has 2 heterocycles. The Morgan fingerprint density at radius 1 is 0.652 bits per heavy atom. The van der Waals surface area contributed by atoms with Crippen molar-refractivity contribution in [3.05, 3.63) is 85.2 Å². The van der Waals surface area contributed by atoms with E-state index in [9.17, 15) is 0 Å². The third-order valence-electron chi connectivity index (χ3n) is 6.44. The lowest BCUT2D eigenvalue weighted by atomic mass is 9.95. The fourth-order valence-corrected chi connectivity index (χ4v) is 5.24. The van der Waals surface area contributed by atoms with Crippen LogP contribution >= 0.6 is 58.0 Å². The van der Waals surface area contributed by atoms with Crippen molar-refractivity contribution >= 4 is 99.0 Å². The summed E-state index contributed by atoms with van der Waals surface area (Å²) in [4.78, 5) is 25.1. The van der Waals surface area contributed by atoms with E-state index in [2.05, 4.69) is 45.9 Å². The number of rotatable bonds is 6. The van der Waals surface area contributed by atoms with E-state index in [0.29, 0.717) is 54.3 Å². The lowest BCUT2D eigenvalue weighted by molar-refractivity contribution is 0.462. The van der Waals surface area contributed by atoms with E-state index in [-0.39, 0.29) is 17.9 Å². The highest BCUT2D eigenvalue weighted by atomic mass is 35.5. The molecule has 0 aliphatic heterocycles. The minimum Gasteiger partial charge on any atom is -0.369 e. The van der Waals surface area contributed by atoms with Crippen LogP contribution in [0.5, 0.6) is 0 Å². The molecule has 1 saturated carbocycles. The molecule has 5 rings (SSSR count). The zero-order valence-electron chi connectivity index (χ0n) is 25.0. The van der Waals surface area contributed by atoms with Crippen molar-refractivity contribution < 1.29 is 0 Å². The zero-order chi connectivity index (χ0) is 33.2. The van der Waals surface area contributed by atoms with E-state index in [4.69, 9.17) is 69.5 Å². The number of nitrogens with zero attached hydrogens (tertiary/aromatic N) is 6. The Bertz CT molecular complexity index is 1710. The number of aryl methyl sites for hydroxylation is 2. The van der Waals surface area contributed by atoms with Gasteiger partial charge in [-0.25, -0.2) is 9.97 Å². The largest absolute Gasteiger partial charge is 0.369 e. The number of aliphatic imine (C=N–C) groups is 2. The second-order valence-corrected chi connectivity index (χ2v) is 12.3. The summed E-state index contributed by atoms with van der Waals surface area (Å²) in [6.45, 7) is 3.70. The summed E-state index contributed by atoms with van der Waals surface area (Å²) < 4.78 is 0. The zero-order valence-corrected chi connectivity index (χ0v) is 28.7. The van der Waals surface area contributed by atoms with Crippen molar-refractivity contribution in [1.29, 1.82) is 0 Å². The van der Waals surface area contributed by atoms with Crippen molar-refractivity contribution in [1.82, 2.24) is 19.9 Å². The van der Waals surface area contributed by atoms with Crippen molar-refractivity contribution in [3.8, 4) is 0 Å². The summed E-state index contributed by atoms with van der Waals surface area (Å²) in [5.74, 6) is 1.57. The molecule has 0 spiro atoms. The van der Waals surface area contributed by atoms with Crippen LogP contribution in [0, 0.1) is 13.8 Å². The first kappa shape index (κ1) is 35.2. The second kappa shape index (κ2) is 16.8. The van der Waals surface area contributed by atoms with Gasteiger partial charge in [-0.1, -0.05) is 77.3 Å². The highest BCUT2D eigenvalue weighted by Gasteiger charge is 2.14. The van der Waals surface area contributed by atoms with Crippen molar-refractivity contribution in [2.75, 3.05) is 16.0 Å². The summed E-state index contributed by atoms with van der Waals surface area (Å²) in [6, 6.07) is 14.2. The number of aromatic nitrogens is 4. The molecular formula is C30H32Cl5N11. The number of benzene rings is 2. The molecule has 7 N–H and O–H groups in total. The molecule has 0 bridgehead atoms. The molecule has 0 atom stereocenters. The van der Waals surface area contributed by atoms with Gasteiger partial charge in [0.15, 0.2) is 0 Å². The number of halogens is 5. The van der Waals surface area contributed by atoms with Crippen molar-refractivity contribution in [3.63, 3.8) is 0 Å². The standard InChI is InChI=1S/C18H22Cl2N6.C12H10Cl3N5/c1-11-9-16(23-12-5-3-2-4-6-12)25-18(22-11)26-17(21)24-13-7-8-14(19)15(20)10-13;1-6-4-10(15)19-12(17-6)20-11(16)18-7-2-3-8(13)9(14)5-7/h7-10,12H,2-6H2,1H3,(H4,21,22,23,24,25,26);2-5H,1H3,(H3,16,17,18,19,20). The molecule has 242 valence electrons. The van der Waals surface area contributed by atoms with Crippen LogP contribution < -0.4 is 27.4 Å². The van der Waals surface area contributed by atoms with Gasteiger partial charge >= 0.3 is 0 Å². The molecule has 2 aromatic carbocycles. The van der Waals surface area contributed by atoms with E-state index in [1.54, 1.807) is 49.4 Å². The van der Waals surface area contributed by atoms with Crippen LogP contribution in [-0.2, 0) is 0 Å². The normalized spacial score (nSPS) is 13.9. The van der Waals surface area contributed by atoms with Crippen LogP contribution in [0.2, 0.25) is 25.2 Å². The smallest absolute Gasteiger partial charge is 0.254 e. The van der Waals surface area contributed by atoms with Crippen LogP contribution in [0.4, 0.5) is 29.1 Å². The Morgan fingerprint density at radius 3 is 1.65 bits per heavy atom. The van der Waals surface area contributed by atoms with Gasteiger partial charge in [0.05, 0.1) is 20.1 Å². The van der Waals surface area contributed by atoms with Crippen LogP contribution in [0.25, 0.3) is 0 Å². The van der Waals surface area contributed by atoms with E-state index in [1.807, 2.05) is 13.0 Å². The number of anilines is 3. The van der Waals surface area contributed by atoms with Crippen molar-refractivity contribution in [2.45, 2.75) is 52.0 Å². The maximum atomic E-state index is 6.01. The predicted octanol–water partition coefficient (Wildman–Crippen LogP) is 8.70. The summed E-state index contributed by atoms with van der Waals surface area (Å²) in [5, 5.41) is 11.4. The highest BCUT2D eigenvalue weighted by molar-refractivity contribution is 6.42. The monoisotopic (exact) mass is 721 g/mol.